The number of ether oxygens (including phenoxy) is 2. The molecule has 3 unspecified atom stereocenters. The predicted molar refractivity (Wildman–Crippen MR) is 130 cm³/mol. The van der Waals surface area contributed by atoms with Gasteiger partial charge in [0, 0.05) is 43.0 Å². The van der Waals surface area contributed by atoms with Crippen molar-refractivity contribution in [1.82, 2.24) is 14.9 Å². The van der Waals surface area contributed by atoms with Gasteiger partial charge in [0.25, 0.3) is 0 Å². The Morgan fingerprint density at radius 2 is 2.09 bits per heavy atom. The van der Waals surface area contributed by atoms with Crippen molar-refractivity contribution in [2.75, 3.05) is 45.3 Å². The number of aliphatic hydroxyl groups is 1. The standard InChI is InChI=1S/C26H30N4O4/c1-17-20(8-9-22(32-2)21(17)16-30-11-13-33-14-12-30)25(31)28-19-6-3-5-18(15-19)26-29-24-23(34-26)7-4-10-27-24/h3-10,15,17,20,25,28,31H,11-14,16H2,1-2H3. The lowest BCUT2D eigenvalue weighted by atomic mass is 9.81. The zero-order chi connectivity index (χ0) is 23.5. The number of anilines is 1. The molecule has 1 aliphatic carbocycles. The normalized spacial score (nSPS) is 22.2. The third kappa shape index (κ3) is 4.70. The van der Waals surface area contributed by atoms with E-state index in [9.17, 15) is 5.11 Å². The fraction of sp³-hybridized carbons (Fsp3) is 0.385. The lowest BCUT2D eigenvalue weighted by molar-refractivity contribution is 0.0392. The van der Waals surface area contributed by atoms with Crippen molar-refractivity contribution < 1.29 is 19.0 Å². The summed E-state index contributed by atoms with van der Waals surface area (Å²) < 4.78 is 17.0. The van der Waals surface area contributed by atoms with E-state index in [4.69, 9.17) is 13.9 Å². The van der Waals surface area contributed by atoms with E-state index in [2.05, 4.69) is 27.1 Å². The van der Waals surface area contributed by atoms with Crippen molar-refractivity contribution >= 4 is 16.9 Å². The summed E-state index contributed by atoms with van der Waals surface area (Å²) in [6, 6.07) is 11.4. The maximum Gasteiger partial charge on any atom is 0.228 e. The Balaban J connectivity index is 1.31. The Labute approximate surface area is 198 Å². The molecule has 1 fully saturated rings. The van der Waals surface area contributed by atoms with Gasteiger partial charge in [-0.1, -0.05) is 19.1 Å². The van der Waals surface area contributed by atoms with E-state index in [1.165, 1.54) is 5.57 Å². The van der Waals surface area contributed by atoms with Gasteiger partial charge < -0.3 is 24.3 Å². The molecule has 3 heterocycles. The monoisotopic (exact) mass is 462 g/mol. The van der Waals surface area contributed by atoms with E-state index in [0.717, 1.165) is 49.9 Å². The van der Waals surface area contributed by atoms with E-state index >= 15 is 0 Å². The third-order valence-corrected chi connectivity index (χ3v) is 6.58. The first-order valence-corrected chi connectivity index (χ1v) is 11.6. The average Bonchev–Trinajstić information content (AvgIpc) is 3.30. The zero-order valence-corrected chi connectivity index (χ0v) is 19.5. The summed E-state index contributed by atoms with van der Waals surface area (Å²) in [5, 5.41) is 14.4. The molecule has 0 amide bonds. The van der Waals surface area contributed by atoms with Crippen molar-refractivity contribution in [3.8, 4) is 11.5 Å². The number of pyridine rings is 1. The van der Waals surface area contributed by atoms with E-state index in [1.807, 2.05) is 48.6 Å². The number of fused-ring (bicyclic) bond motifs is 1. The summed E-state index contributed by atoms with van der Waals surface area (Å²) in [6.45, 7) is 6.26. The largest absolute Gasteiger partial charge is 0.497 e. The Kier molecular flexibility index (Phi) is 6.62. The van der Waals surface area contributed by atoms with Crippen LogP contribution in [0.15, 0.2) is 70.5 Å². The number of hydrogen-bond donors (Lipinski definition) is 2. The van der Waals surface area contributed by atoms with Gasteiger partial charge in [0.15, 0.2) is 11.2 Å². The van der Waals surface area contributed by atoms with Gasteiger partial charge in [-0.15, -0.1) is 0 Å². The van der Waals surface area contributed by atoms with Crippen molar-refractivity contribution in [2.24, 2.45) is 11.8 Å². The van der Waals surface area contributed by atoms with Gasteiger partial charge in [0.05, 0.1) is 20.3 Å². The lowest BCUT2D eigenvalue weighted by Crippen LogP contribution is -2.41. The van der Waals surface area contributed by atoms with Gasteiger partial charge in [-0.05, 0) is 47.9 Å². The second-order valence-electron chi connectivity index (χ2n) is 8.72. The van der Waals surface area contributed by atoms with Crippen molar-refractivity contribution in [2.45, 2.75) is 13.2 Å². The molecule has 8 nitrogen and oxygen atoms in total. The van der Waals surface area contributed by atoms with Crippen LogP contribution in [0.1, 0.15) is 6.92 Å². The molecule has 1 saturated heterocycles. The highest BCUT2D eigenvalue weighted by Crippen LogP contribution is 2.34. The predicted octanol–water partition coefficient (Wildman–Crippen LogP) is 3.67. The molecule has 2 N–H and O–H groups in total. The van der Waals surface area contributed by atoms with Crippen LogP contribution in [0.3, 0.4) is 0 Å². The first-order valence-electron chi connectivity index (χ1n) is 11.6. The number of nitrogens with one attached hydrogen (secondary N) is 1. The van der Waals surface area contributed by atoms with Crippen molar-refractivity contribution in [3.63, 3.8) is 0 Å². The number of nitrogens with zero attached hydrogens (tertiary/aromatic N) is 3. The van der Waals surface area contributed by atoms with Gasteiger partial charge >= 0.3 is 0 Å². The van der Waals surface area contributed by atoms with E-state index in [-0.39, 0.29) is 11.8 Å². The molecule has 1 aliphatic heterocycles. The summed E-state index contributed by atoms with van der Waals surface area (Å²) >= 11 is 0. The van der Waals surface area contributed by atoms with Crippen LogP contribution in [0.5, 0.6) is 0 Å². The van der Waals surface area contributed by atoms with Crippen molar-refractivity contribution in [1.29, 1.82) is 0 Å². The van der Waals surface area contributed by atoms with Crippen LogP contribution in [0.2, 0.25) is 0 Å². The molecule has 0 bridgehead atoms. The van der Waals surface area contributed by atoms with Gasteiger partial charge in [0.1, 0.15) is 12.0 Å². The zero-order valence-electron chi connectivity index (χ0n) is 19.5. The van der Waals surface area contributed by atoms with Gasteiger partial charge in [-0.25, -0.2) is 4.98 Å². The number of oxazole rings is 1. The SMILES string of the molecule is COC1=C(CN2CCOCC2)C(C)C(C(O)Nc2cccc(-c3nc4ncccc4o3)c2)C=C1. The number of allylic oxidation sites excluding steroid dienone is 1. The number of benzene rings is 1. The summed E-state index contributed by atoms with van der Waals surface area (Å²) in [6.07, 6.45) is 4.93. The molecule has 2 aromatic heterocycles. The van der Waals surface area contributed by atoms with Crippen LogP contribution >= 0.6 is 0 Å². The highest BCUT2D eigenvalue weighted by molar-refractivity contribution is 5.73. The Bertz CT molecular complexity index is 1170. The first-order chi connectivity index (χ1) is 16.6. The minimum absolute atomic E-state index is 0.105. The van der Waals surface area contributed by atoms with Gasteiger partial charge in [-0.3, -0.25) is 4.90 Å². The van der Waals surface area contributed by atoms with E-state index in [0.29, 0.717) is 17.1 Å². The van der Waals surface area contributed by atoms with Crippen LogP contribution in [0, 0.1) is 11.8 Å². The molecule has 3 aromatic rings. The van der Waals surface area contributed by atoms with Crippen LogP contribution in [0.25, 0.3) is 22.7 Å². The minimum Gasteiger partial charge on any atom is -0.497 e. The fourth-order valence-corrected chi connectivity index (χ4v) is 4.63. The Morgan fingerprint density at radius 3 is 2.88 bits per heavy atom. The maximum atomic E-state index is 11.1. The molecule has 1 aromatic carbocycles. The van der Waals surface area contributed by atoms with E-state index in [1.54, 1.807) is 13.3 Å². The molecule has 3 atom stereocenters. The molecule has 178 valence electrons. The summed E-state index contributed by atoms with van der Waals surface area (Å²) in [5.74, 6) is 1.39. The molecular formula is C26H30N4O4. The number of rotatable bonds is 7. The average molecular weight is 463 g/mol. The molecule has 0 saturated carbocycles. The number of aromatic nitrogens is 2. The number of methoxy groups -OCH3 is 1. The Hall–Kier alpha value is -3.20. The minimum atomic E-state index is -0.773. The summed E-state index contributed by atoms with van der Waals surface area (Å²) in [4.78, 5) is 11.1. The van der Waals surface area contributed by atoms with Crippen LogP contribution < -0.4 is 5.32 Å². The maximum absolute atomic E-state index is 11.1. The number of morpholine rings is 1. The summed E-state index contributed by atoms with van der Waals surface area (Å²) in [7, 11) is 1.70. The molecule has 2 aliphatic rings. The van der Waals surface area contributed by atoms with Crippen molar-refractivity contribution in [3.05, 3.63) is 66.1 Å². The van der Waals surface area contributed by atoms with Gasteiger partial charge in [-0.2, -0.15) is 4.98 Å². The van der Waals surface area contributed by atoms with E-state index < -0.39 is 6.23 Å². The highest BCUT2D eigenvalue weighted by Gasteiger charge is 2.32. The highest BCUT2D eigenvalue weighted by atomic mass is 16.5. The van der Waals surface area contributed by atoms with Crippen LogP contribution in [-0.2, 0) is 9.47 Å². The topological polar surface area (TPSA) is 92.9 Å². The molecular weight excluding hydrogens is 432 g/mol. The molecule has 0 radical (unpaired) electrons. The molecule has 5 rings (SSSR count). The fourth-order valence-electron chi connectivity index (χ4n) is 4.63. The smallest absolute Gasteiger partial charge is 0.228 e. The second kappa shape index (κ2) is 9.97. The molecule has 0 spiro atoms. The van der Waals surface area contributed by atoms with Gasteiger partial charge in [0.2, 0.25) is 5.89 Å². The Morgan fingerprint density at radius 1 is 1.24 bits per heavy atom. The van der Waals surface area contributed by atoms with Crippen LogP contribution in [-0.4, -0.2) is 66.2 Å². The lowest BCUT2D eigenvalue weighted by Gasteiger charge is -2.36. The van der Waals surface area contributed by atoms with Crippen LogP contribution in [0.4, 0.5) is 5.69 Å². The summed E-state index contributed by atoms with van der Waals surface area (Å²) in [5.41, 5.74) is 4.02. The third-order valence-electron chi connectivity index (χ3n) is 6.58. The second-order valence-corrected chi connectivity index (χ2v) is 8.72. The molecule has 8 heteroatoms. The number of aliphatic hydroxyl groups excluding tert-OH is 1. The quantitative estimate of drug-likeness (QED) is 0.514. The number of hydrogen-bond acceptors (Lipinski definition) is 8. The first kappa shape index (κ1) is 22.6. The molecule has 34 heavy (non-hydrogen) atoms.